The molecular formula is C12H17BrFN. The van der Waals surface area contributed by atoms with Crippen molar-refractivity contribution in [1.82, 2.24) is 5.32 Å². The Morgan fingerprint density at radius 3 is 2.60 bits per heavy atom. The van der Waals surface area contributed by atoms with E-state index < -0.39 is 0 Å². The van der Waals surface area contributed by atoms with Gasteiger partial charge in [-0.15, -0.1) is 0 Å². The first-order valence-electron chi connectivity index (χ1n) is 5.17. The molecule has 1 unspecified atom stereocenters. The van der Waals surface area contributed by atoms with Crippen molar-refractivity contribution in [3.05, 3.63) is 34.1 Å². The van der Waals surface area contributed by atoms with Gasteiger partial charge in [0.25, 0.3) is 0 Å². The lowest BCUT2D eigenvalue weighted by Crippen LogP contribution is -2.19. The maximum absolute atomic E-state index is 13.3. The minimum Gasteiger partial charge on any atom is -0.313 e. The minimum atomic E-state index is -0.198. The number of nitrogens with one attached hydrogen (secondary N) is 1. The van der Waals surface area contributed by atoms with Crippen molar-refractivity contribution in [2.75, 3.05) is 7.05 Å². The van der Waals surface area contributed by atoms with Crippen LogP contribution in [0.1, 0.15) is 31.9 Å². The molecule has 1 aromatic carbocycles. The number of hydrogen-bond donors (Lipinski definition) is 1. The lowest BCUT2D eigenvalue weighted by atomic mass is 9.97. The van der Waals surface area contributed by atoms with Crippen molar-refractivity contribution < 1.29 is 4.39 Å². The summed E-state index contributed by atoms with van der Waals surface area (Å²) in [6, 6.07) is 5.38. The molecule has 3 heteroatoms. The molecule has 0 radical (unpaired) electrons. The molecule has 0 aliphatic heterocycles. The smallest absolute Gasteiger partial charge is 0.137 e. The molecule has 1 rings (SSSR count). The SMILES string of the molecule is CNC(CC(C)C)c1cccc(F)c1Br. The zero-order valence-corrected chi connectivity index (χ0v) is 10.9. The van der Waals surface area contributed by atoms with E-state index in [-0.39, 0.29) is 11.9 Å². The first-order chi connectivity index (χ1) is 7.06. The lowest BCUT2D eigenvalue weighted by molar-refractivity contribution is 0.453. The second-order valence-electron chi connectivity index (χ2n) is 4.11. The van der Waals surface area contributed by atoms with Crippen LogP contribution in [-0.4, -0.2) is 7.05 Å². The second kappa shape index (κ2) is 5.61. The van der Waals surface area contributed by atoms with E-state index in [9.17, 15) is 4.39 Å². The summed E-state index contributed by atoms with van der Waals surface area (Å²) >= 11 is 3.30. The largest absolute Gasteiger partial charge is 0.313 e. The lowest BCUT2D eigenvalue weighted by Gasteiger charge is -2.20. The highest BCUT2D eigenvalue weighted by Gasteiger charge is 2.15. The van der Waals surface area contributed by atoms with E-state index in [4.69, 9.17) is 0 Å². The molecule has 0 saturated carbocycles. The number of halogens is 2. The van der Waals surface area contributed by atoms with Gasteiger partial charge in [0.2, 0.25) is 0 Å². The van der Waals surface area contributed by atoms with E-state index in [2.05, 4.69) is 35.1 Å². The third-order valence-electron chi connectivity index (χ3n) is 2.41. The van der Waals surface area contributed by atoms with Crippen molar-refractivity contribution in [3.8, 4) is 0 Å². The van der Waals surface area contributed by atoms with Gasteiger partial charge in [0.15, 0.2) is 0 Å². The van der Waals surface area contributed by atoms with Crippen LogP contribution in [0.2, 0.25) is 0 Å². The third-order valence-corrected chi connectivity index (χ3v) is 3.25. The van der Waals surface area contributed by atoms with Gasteiger partial charge in [-0.2, -0.15) is 0 Å². The van der Waals surface area contributed by atoms with Crippen LogP contribution in [-0.2, 0) is 0 Å². The Labute approximate surface area is 99.2 Å². The summed E-state index contributed by atoms with van der Waals surface area (Å²) in [6.07, 6.45) is 0.999. The molecule has 1 N–H and O–H groups in total. The maximum Gasteiger partial charge on any atom is 0.137 e. The van der Waals surface area contributed by atoms with Gasteiger partial charge in [-0.3, -0.25) is 0 Å². The van der Waals surface area contributed by atoms with Gasteiger partial charge in [0.1, 0.15) is 5.82 Å². The van der Waals surface area contributed by atoms with Crippen LogP contribution < -0.4 is 5.32 Å². The van der Waals surface area contributed by atoms with Crippen LogP contribution in [0.3, 0.4) is 0 Å². The predicted molar refractivity (Wildman–Crippen MR) is 65.4 cm³/mol. The summed E-state index contributed by atoms with van der Waals surface area (Å²) in [6.45, 7) is 4.33. The molecule has 0 bridgehead atoms. The van der Waals surface area contributed by atoms with Gasteiger partial charge < -0.3 is 5.32 Å². The van der Waals surface area contributed by atoms with Crippen molar-refractivity contribution in [2.45, 2.75) is 26.3 Å². The standard InChI is InChI=1S/C12H17BrFN/c1-8(2)7-11(15-3)9-5-4-6-10(14)12(9)13/h4-6,8,11,15H,7H2,1-3H3. The van der Waals surface area contributed by atoms with Crippen molar-refractivity contribution >= 4 is 15.9 Å². The van der Waals surface area contributed by atoms with Crippen molar-refractivity contribution in [3.63, 3.8) is 0 Å². The molecule has 0 saturated heterocycles. The summed E-state index contributed by atoms with van der Waals surface area (Å²) < 4.78 is 13.9. The zero-order chi connectivity index (χ0) is 11.4. The Hall–Kier alpha value is -0.410. The number of hydrogen-bond acceptors (Lipinski definition) is 1. The van der Waals surface area contributed by atoms with E-state index in [1.165, 1.54) is 6.07 Å². The Bertz CT molecular complexity index is 325. The van der Waals surface area contributed by atoms with Crippen LogP contribution in [0.15, 0.2) is 22.7 Å². The third kappa shape index (κ3) is 3.28. The molecule has 0 spiro atoms. The predicted octanol–water partition coefficient (Wildman–Crippen LogP) is 3.89. The topological polar surface area (TPSA) is 12.0 Å². The van der Waals surface area contributed by atoms with Gasteiger partial charge in [-0.1, -0.05) is 26.0 Å². The highest BCUT2D eigenvalue weighted by Crippen LogP contribution is 2.29. The monoisotopic (exact) mass is 273 g/mol. The van der Waals surface area contributed by atoms with Crippen LogP contribution in [0.25, 0.3) is 0 Å². The molecule has 0 aliphatic carbocycles. The van der Waals surface area contributed by atoms with Crippen LogP contribution in [0.4, 0.5) is 4.39 Å². The van der Waals surface area contributed by atoms with E-state index >= 15 is 0 Å². The quantitative estimate of drug-likeness (QED) is 0.878. The van der Waals surface area contributed by atoms with Crippen LogP contribution >= 0.6 is 15.9 Å². The average Bonchev–Trinajstić information content (AvgIpc) is 2.19. The van der Waals surface area contributed by atoms with E-state index in [1.807, 2.05) is 13.1 Å². The average molecular weight is 274 g/mol. The summed E-state index contributed by atoms with van der Waals surface area (Å²) in [5, 5.41) is 3.22. The van der Waals surface area contributed by atoms with E-state index in [0.29, 0.717) is 10.4 Å². The van der Waals surface area contributed by atoms with E-state index in [1.54, 1.807) is 6.07 Å². The zero-order valence-electron chi connectivity index (χ0n) is 9.35. The summed E-state index contributed by atoms with van der Waals surface area (Å²) in [5.41, 5.74) is 0.992. The van der Waals surface area contributed by atoms with Crippen molar-refractivity contribution in [2.24, 2.45) is 5.92 Å². The Morgan fingerprint density at radius 2 is 2.07 bits per heavy atom. The van der Waals surface area contributed by atoms with Crippen molar-refractivity contribution in [1.29, 1.82) is 0 Å². The molecule has 0 amide bonds. The van der Waals surface area contributed by atoms with Gasteiger partial charge in [-0.25, -0.2) is 4.39 Å². The number of benzene rings is 1. The molecule has 1 aromatic rings. The first-order valence-corrected chi connectivity index (χ1v) is 5.96. The maximum atomic E-state index is 13.3. The minimum absolute atomic E-state index is 0.198. The van der Waals surface area contributed by atoms with Gasteiger partial charge in [0, 0.05) is 6.04 Å². The Balaban J connectivity index is 2.96. The molecular weight excluding hydrogens is 257 g/mol. The molecule has 0 fully saturated rings. The normalized spacial score (nSPS) is 13.2. The highest BCUT2D eigenvalue weighted by molar-refractivity contribution is 9.10. The van der Waals surface area contributed by atoms with E-state index in [0.717, 1.165) is 12.0 Å². The van der Waals surface area contributed by atoms with Gasteiger partial charge in [0.05, 0.1) is 4.47 Å². The van der Waals surface area contributed by atoms with Gasteiger partial charge >= 0.3 is 0 Å². The summed E-state index contributed by atoms with van der Waals surface area (Å²) in [5.74, 6) is 0.383. The Kier molecular flexibility index (Phi) is 4.74. The Morgan fingerprint density at radius 1 is 1.40 bits per heavy atom. The molecule has 1 atom stereocenters. The summed E-state index contributed by atoms with van der Waals surface area (Å²) in [4.78, 5) is 0. The van der Waals surface area contributed by atoms with Crippen LogP contribution in [0.5, 0.6) is 0 Å². The molecule has 15 heavy (non-hydrogen) atoms. The second-order valence-corrected chi connectivity index (χ2v) is 4.91. The van der Waals surface area contributed by atoms with Crippen LogP contribution in [0, 0.1) is 11.7 Å². The number of rotatable bonds is 4. The fraction of sp³-hybridized carbons (Fsp3) is 0.500. The molecule has 84 valence electrons. The summed E-state index contributed by atoms with van der Waals surface area (Å²) in [7, 11) is 1.91. The highest BCUT2D eigenvalue weighted by atomic mass is 79.9. The first kappa shape index (κ1) is 12.7. The fourth-order valence-electron chi connectivity index (χ4n) is 1.66. The molecule has 0 heterocycles. The fourth-order valence-corrected chi connectivity index (χ4v) is 2.20. The molecule has 1 nitrogen and oxygen atoms in total. The van der Waals surface area contributed by atoms with Gasteiger partial charge in [-0.05, 0) is 46.9 Å². The molecule has 0 aromatic heterocycles. The molecule has 0 aliphatic rings.